The van der Waals surface area contributed by atoms with Crippen LogP contribution in [0.5, 0.6) is 17.2 Å². The molecule has 28 heavy (non-hydrogen) atoms. The van der Waals surface area contributed by atoms with Crippen molar-refractivity contribution in [1.82, 2.24) is 0 Å². The first kappa shape index (κ1) is 29.6. The van der Waals surface area contributed by atoms with Crippen molar-refractivity contribution in [2.45, 2.75) is 4.97 Å². The van der Waals surface area contributed by atoms with E-state index in [1.807, 2.05) is 102 Å². The molecule has 0 aliphatic carbocycles. The summed E-state index contributed by atoms with van der Waals surface area (Å²) in [7, 11) is 0. The third kappa shape index (κ3) is 6.58. The van der Waals surface area contributed by atoms with Crippen LogP contribution in [0.2, 0.25) is 0 Å². The zero-order valence-corrected chi connectivity index (χ0v) is 30.8. The minimum atomic E-state index is -1.59. The third-order valence-electron chi connectivity index (χ3n) is 3.33. The SMILES string of the molecule is N[C@](I)(C(=O)[O-])C(I)(I)c1cc(I)c(Oc2cc(I)c(O)c(I)c2)c(I)c1.[Na+]. The summed E-state index contributed by atoms with van der Waals surface area (Å²) < 4.78 is 6.56. The van der Waals surface area contributed by atoms with Gasteiger partial charge in [-0.15, -0.1) is 0 Å². The van der Waals surface area contributed by atoms with Crippen LogP contribution in [0.15, 0.2) is 24.3 Å². The van der Waals surface area contributed by atoms with Gasteiger partial charge < -0.3 is 25.5 Å². The van der Waals surface area contributed by atoms with Crippen molar-refractivity contribution < 1.29 is 49.3 Å². The van der Waals surface area contributed by atoms with Crippen molar-refractivity contribution >= 4 is 164 Å². The topological polar surface area (TPSA) is 95.6 Å². The Balaban J connectivity index is 0.00000392. The smallest absolute Gasteiger partial charge is 0.547 e. The molecule has 146 valence electrons. The summed E-state index contributed by atoms with van der Waals surface area (Å²) in [4.78, 5) is 11.5. The van der Waals surface area contributed by atoms with Crippen LogP contribution in [0.1, 0.15) is 5.56 Å². The second kappa shape index (κ2) is 11.8. The predicted octanol–water partition coefficient (Wildman–Crippen LogP) is 2.47. The number of nitrogens with two attached hydrogens (primary N) is 1. The van der Waals surface area contributed by atoms with Crippen LogP contribution < -0.4 is 45.1 Å². The van der Waals surface area contributed by atoms with Gasteiger partial charge in [0.05, 0.1) is 20.3 Å². The minimum absolute atomic E-state index is 0. The maximum atomic E-state index is 11.5. The Morgan fingerprint density at radius 1 is 0.964 bits per heavy atom. The van der Waals surface area contributed by atoms with Gasteiger partial charge in [-0.2, -0.15) is 0 Å². The molecule has 2 rings (SSSR count). The van der Waals surface area contributed by atoms with Crippen molar-refractivity contribution in [2.24, 2.45) is 5.73 Å². The first-order valence-electron chi connectivity index (χ1n) is 6.71. The quantitative estimate of drug-likeness (QED) is 0.208. The molecule has 2 aromatic rings. The van der Waals surface area contributed by atoms with Gasteiger partial charge in [0, 0.05) is 0 Å². The number of ether oxygens (including phenoxy) is 1. The van der Waals surface area contributed by atoms with Gasteiger partial charge in [-0.05, 0) is 120 Å². The second-order valence-corrected chi connectivity index (χ2v) is 16.8. The zero-order chi connectivity index (χ0) is 20.7. The van der Waals surface area contributed by atoms with E-state index < -0.39 is 10.9 Å². The number of carbonyl (C=O) groups is 1. The molecule has 0 unspecified atom stereocenters. The number of rotatable bonds is 5. The average Bonchev–Trinajstić information content (AvgIpc) is 2.55. The van der Waals surface area contributed by atoms with E-state index in [2.05, 4.69) is 45.2 Å². The summed E-state index contributed by atoms with van der Waals surface area (Å²) in [5.74, 6) is 0.166. The average molecular weight is 1180 g/mol. The van der Waals surface area contributed by atoms with E-state index in [4.69, 9.17) is 10.5 Å². The van der Waals surface area contributed by atoms with E-state index in [9.17, 15) is 15.0 Å². The van der Waals surface area contributed by atoms with Gasteiger partial charge >= 0.3 is 29.6 Å². The molecule has 0 aliphatic heterocycles. The normalized spacial score (nSPS) is 13.4. The summed E-state index contributed by atoms with van der Waals surface area (Å²) in [5.41, 5.74) is 6.78. The van der Waals surface area contributed by atoms with Gasteiger partial charge in [0.25, 0.3) is 0 Å². The number of carboxylic acid groups (broad SMARTS) is 1. The Kier molecular flexibility index (Phi) is 12.5. The molecule has 0 fully saturated rings. The molecule has 0 heterocycles. The van der Waals surface area contributed by atoms with E-state index >= 15 is 0 Å². The Labute approximate surface area is 279 Å². The minimum Gasteiger partial charge on any atom is -0.547 e. The van der Waals surface area contributed by atoms with Crippen LogP contribution in [0.3, 0.4) is 0 Å². The van der Waals surface area contributed by atoms with Gasteiger partial charge in [-0.3, -0.25) is 0 Å². The van der Waals surface area contributed by atoms with Gasteiger partial charge in [-0.25, -0.2) is 0 Å². The van der Waals surface area contributed by atoms with E-state index in [1.54, 1.807) is 34.7 Å². The van der Waals surface area contributed by atoms with Crippen molar-refractivity contribution in [1.29, 1.82) is 0 Å². The number of carbonyl (C=O) groups excluding carboxylic acids is 1. The van der Waals surface area contributed by atoms with E-state index in [0.29, 0.717) is 18.6 Å². The number of hydrogen-bond donors (Lipinski definition) is 2. The molecule has 13 heteroatoms. The molecule has 0 amide bonds. The predicted molar refractivity (Wildman–Crippen MR) is 161 cm³/mol. The molecular weight excluding hydrogens is 1170 g/mol. The van der Waals surface area contributed by atoms with Crippen molar-refractivity contribution in [3.8, 4) is 17.2 Å². The van der Waals surface area contributed by atoms with Crippen LogP contribution in [0.25, 0.3) is 0 Å². The molecule has 0 bridgehead atoms. The van der Waals surface area contributed by atoms with Gasteiger partial charge in [0.1, 0.15) is 16.5 Å². The molecule has 0 aromatic heterocycles. The van der Waals surface area contributed by atoms with Crippen molar-refractivity contribution in [3.05, 3.63) is 44.1 Å². The molecule has 0 radical (unpaired) electrons. The van der Waals surface area contributed by atoms with Crippen LogP contribution in [-0.2, 0) is 6.22 Å². The first-order valence-corrected chi connectivity index (χ1v) is 14.3. The number of phenols is 1. The Morgan fingerprint density at radius 3 is 1.79 bits per heavy atom. The summed E-state index contributed by atoms with van der Waals surface area (Å²) in [6, 6.07) is 7.23. The standard InChI is InChI=1S/C15H8I7NO4.Na/c16-7-3-6(4-8(17)11(7)24)27-12-9(18)1-5(2-10(12)19)14(20,21)15(22,23)13(25)26;/h1-4,24H,23H2,(H,25,26);/q;+1/p-1/t15-;/m1./s1. The summed E-state index contributed by atoms with van der Waals surface area (Å²) in [6.07, 6.45) is 0. The molecule has 0 spiro atoms. The fourth-order valence-electron chi connectivity index (χ4n) is 1.90. The summed E-state index contributed by atoms with van der Waals surface area (Å²) in [5, 5.41) is 21.4. The Hall–Kier alpha value is 3.58. The van der Waals surface area contributed by atoms with E-state index in [1.165, 1.54) is 0 Å². The van der Waals surface area contributed by atoms with Gasteiger partial charge in [0.15, 0.2) is 5.75 Å². The van der Waals surface area contributed by atoms with Crippen molar-refractivity contribution in [3.63, 3.8) is 0 Å². The first-order chi connectivity index (χ1) is 12.3. The number of aromatic hydroxyl groups is 1. The number of hydrogen-bond acceptors (Lipinski definition) is 5. The van der Waals surface area contributed by atoms with Crippen LogP contribution in [0.4, 0.5) is 0 Å². The maximum absolute atomic E-state index is 11.5. The number of benzene rings is 2. The molecule has 0 saturated carbocycles. The van der Waals surface area contributed by atoms with Crippen LogP contribution in [-0.4, -0.2) is 14.6 Å². The molecule has 0 aliphatic rings. The maximum Gasteiger partial charge on any atom is 1.00 e. The molecule has 1 atom stereocenters. The number of alkyl halides is 3. The van der Waals surface area contributed by atoms with E-state index in [-0.39, 0.29) is 35.3 Å². The molecule has 2 aromatic carbocycles. The Morgan fingerprint density at radius 2 is 1.39 bits per heavy atom. The number of phenolic OH excluding ortho intramolecular Hbond substituents is 1. The van der Waals surface area contributed by atoms with Gasteiger partial charge in [-0.1, -0.05) is 67.8 Å². The van der Waals surface area contributed by atoms with E-state index in [0.717, 1.165) is 12.7 Å². The number of halogens is 7. The zero-order valence-electron chi connectivity index (χ0n) is 13.7. The monoisotopic (exact) mass is 1180 g/mol. The molecule has 5 nitrogen and oxygen atoms in total. The van der Waals surface area contributed by atoms with Crippen molar-refractivity contribution in [2.75, 3.05) is 0 Å². The molecular formula is C15H7I7NNaO4. The fraction of sp³-hybridized carbons (Fsp3) is 0.133. The second-order valence-electron chi connectivity index (χ2n) is 5.18. The Bertz CT molecular complexity index is 877. The van der Waals surface area contributed by atoms with Gasteiger partial charge in [0.2, 0.25) is 0 Å². The molecule has 3 N–H and O–H groups in total. The number of aliphatic carboxylic acids is 1. The van der Waals surface area contributed by atoms with Crippen LogP contribution in [0, 0.1) is 14.3 Å². The fourth-order valence-corrected chi connectivity index (χ4v) is 6.97. The third-order valence-corrected chi connectivity index (χ3v) is 12.8. The summed E-state index contributed by atoms with van der Waals surface area (Å²) in [6.45, 7) is 0. The van der Waals surface area contributed by atoms with Crippen LogP contribution >= 0.6 is 158 Å². The number of carboxylic acids is 1. The largest absolute Gasteiger partial charge is 1.00 e. The summed E-state index contributed by atoms with van der Waals surface area (Å²) >= 11 is 14.2. The molecule has 0 saturated heterocycles.